The molecule has 0 aliphatic rings. The van der Waals surface area contributed by atoms with Gasteiger partial charge in [-0.25, -0.2) is 22.4 Å². The molecule has 1 amide bonds. The number of fused-ring (bicyclic) bond motifs is 1. The topological polar surface area (TPSA) is 97.2 Å². The summed E-state index contributed by atoms with van der Waals surface area (Å²) < 4.78 is 28.2. The molecule has 0 spiro atoms. The number of nitrogens with one attached hydrogen (secondary N) is 1. The minimum Gasteiger partial charge on any atom is -0.321 e. The largest absolute Gasteiger partial charge is 0.321 e. The lowest BCUT2D eigenvalue weighted by Gasteiger charge is -2.16. The zero-order chi connectivity index (χ0) is 21.5. The highest BCUT2D eigenvalue weighted by Crippen LogP contribution is 2.24. The Hall–Kier alpha value is -2.78. The lowest BCUT2D eigenvalue weighted by Crippen LogP contribution is -2.24. The zero-order valence-corrected chi connectivity index (χ0v) is 18.2. The van der Waals surface area contributed by atoms with Gasteiger partial charge in [-0.15, -0.1) is 0 Å². The molecule has 0 bridgehead atoms. The second-order valence-corrected chi connectivity index (χ2v) is 9.60. The van der Waals surface area contributed by atoms with Crippen LogP contribution in [-0.2, 0) is 10.0 Å². The van der Waals surface area contributed by atoms with Crippen molar-refractivity contribution in [3.63, 3.8) is 0 Å². The lowest BCUT2D eigenvalue weighted by molar-refractivity contribution is 0.102. The molecule has 3 rings (SSSR count). The van der Waals surface area contributed by atoms with E-state index in [1.807, 2.05) is 18.5 Å². The first-order valence-electron chi connectivity index (χ1n) is 9.20. The fraction of sp³-hybridized carbons (Fsp3) is 0.350. The summed E-state index contributed by atoms with van der Waals surface area (Å²) in [5.41, 5.74) is 2.88. The number of nitrogens with zero attached hydrogens (tertiary/aromatic N) is 4. The van der Waals surface area contributed by atoms with Crippen LogP contribution in [0, 0.1) is 13.8 Å². The molecule has 1 N–H and O–H groups in total. The lowest BCUT2D eigenvalue weighted by atomic mass is 10.1. The van der Waals surface area contributed by atoms with Crippen LogP contribution in [0.1, 0.15) is 41.4 Å². The molecular formula is C20H25N5O3S. The van der Waals surface area contributed by atoms with Crippen molar-refractivity contribution < 1.29 is 13.2 Å². The number of pyridine rings is 1. The normalized spacial score (nSPS) is 12.1. The molecule has 2 aromatic heterocycles. The molecule has 9 heteroatoms. The van der Waals surface area contributed by atoms with Gasteiger partial charge in [0, 0.05) is 31.1 Å². The number of rotatable bonds is 5. The molecule has 154 valence electrons. The van der Waals surface area contributed by atoms with E-state index >= 15 is 0 Å². The van der Waals surface area contributed by atoms with Crippen LogP contribution >= 0.6 is 0 Å². The monoisotopic (exact) mass is 415 g/mol. The Bertz CT molecular complexity index is 1200. The van der Waals surface area contributed by atoms with Crippen molar-refractivity contribution in [1.29, 1.82) is 0 Å². The molecule has 0 unspecified atom stereocenters. The Balaban J connectivity index is 1.95. The summed E-state index contributed by atoms with van der Waals surface area (Å²) in [6, 6.07) is 5.07. The summed E-state index contributed by atoms with van der Waals surface area (Å²) in [7, 11) is -0.729. The molecule has 0 radical (unpaired) electrons. The average molecular weight is 416 g/mol. The van der Waals surface area contributed by atoms with Crippen LogP contribution in [0.3, 0.4) is 0 Å². The first kappa shape index (κ1) is 20.9. The van der Waals surface area contributed by atoms with E-state index in [0.717, 1.165) is 20.9 Å². The van der Waals surface area contributed by atoms with Crippen molar-refractivity contribution in [2.45, 2.75) is 38.6 Å². The fourth-order valence-electron chi connectivity index (χ4n) is 3.01. The minimum absolute atomic E-state index is 0.124. The zero-order valence-electron chi connectivity index (χ0n) is 17.4. The van der Waals surface area contributed by atoms with Crippen LogP contribution in [0.5, 0.6) is 0 Å². The van der Waals surface area contributed by atoms with Gasteiger partial charge >= 0.3 is 0 Å². The van der Waals surface area contributed by atoms with Crippen LogP contribution in [0.4, 0.5) is 5.69 Å². The number of hydrogen-bond donors (Lipinski definition) is 1. The number of hydrogen-bond acceptors (Lipinski definition) is 5. The van der Waals surface area contributed by atoms with Crippen LogP contribution < -0.4 is 5.32 Å². The highest BCUT2D eigenvalue weighted by atomic mass is 32.2. The maximum Gasteiger partial charge on any atom is 0.255 e. The third-order valence-corrected chi connectivity index (χ3v) is 6.76. The van der Waals surface area contributed by atoms with Crippen LogP contribution in [0.25, 0.3) is 11.0 Å². The van der Waals surface area contributed by atoms with Crippen LogP contribution in [0.15, 0.2) is 35.5 Å². The van der Waals surface area contributed by atoms with Gasteiger partial charge in [-0.3, -0.25) is 4.79 Å². The predicted molar refractivity (Wildman–Crippen MR) is 113 cm³/mol. The molecule has 0 aliphatic carbocycles. The van der Waals surface area contributed by atoms with Gasteiger partial charge in [-0.05, 0) is 57.0 Å². The molecule has 8 nitrogen and oxygen atoms in total. The van der Waals surface area contributed by atoms with E-state index in [0.29, 0.717) is 11.3 Å². The van der Waals surface area contributed by atoms with Gasteiger partial charge in [-0.2, -0.15) is 5.10 Å². The van der Waals surface area contributed by atoms with Gasteiger partial charge in [-0.1, -0.05) is 0 Å². The second-order valence-electron chi connectivity index (χ2n) is 7.48. The Morgan fingerprint density at radius 1 is 1.14 bits per heavy atom. The standard InChI is InChI=1S/C20H25N5O3S/c1-12(2)25-19-16(10-22-25)8-17(11-21-19)23-20(26)15-7-13(3)14(4)18(9-15)29(27,28)24(5)6/h7-12H,1-6H3,(H,23,26). The number of sulfonamides is 1. The van der Waals surface area contributed by atoms with Crippen molar-refractivity contribution in [2.24, 2.45) is 0 Å². The van der Waals surface area contributed by atoms with Gasteiger partial charge in [0.05, 0.1) is 23.0 Å². The summed E-state index contributed by atoms with van der Waals surface area (Å²) >= 11 is 0. The highest BCUT2D eigenvalue weighted by Gasteiger charge is 2.23. The fourth-order valence-corrected chi connectivity index (χ4v) is 4.23. The molecule has 0 aliphatic heterocycles. The minimum atomic E-state index is -3.66. The van der Waals surface area contributed by atoms with E-state index in [1.165, 1.54) is 20.2 Å². The first-order chi connectivity index (χ1) is 13.5. The highest BCUT2D eigenvalue weighted by molar-refractivity contribution is 7.89. The molecule has 0 atom stereocenters. The van der Waals surface area contributed by atoms with Crippen LogP contribution in [0.2, 0.25) is 0 Å². The SMILES string of the molecule is Cc1cc(C(=O)Nc2cnc3c(cnn3C(C)C)c2)cc(S(=O)(=O)N(C)C)c1C. The van der Waals surface area contributed by atoms with E-state index in [1.54, 1.807) is 38.4 Å². The molecule has 0 saturated heterocycles. The van der Waals surface area contributed by atoms with E-state index in [-0.39, 0.29) is 16.5 Å². The Morgan fingerprint density at radius 3 is 2.45 bits per heavy atom. The van der Waals surface area contributed by atoms with Gasteiger partial charge in [0.15, 0.2) is 5.65 Å². The summed E-state index contributed by atoms with van der Waals surface area (Å²) in [5.74, 6) is -0.402. The number of benzene rings is 1. The number of carbonyl (C=O) groups is 1. The van der Waals surface area contributed by atoms with Gasteiger partial charge < -0.3 is 5.32 Å². The van der Waals surface area contributed by atoms with E-state index in [2.05, 4.69) is 15.4 Å². The summed E-state index contributed by atoms with van der Waals surface area (Å²) in [5, 5.41) is 7.93. The maximum atomic E-state index is 12.8. The quantitative estimate of drug-likeness (QED) is 0.690. The number of aromatic nitrogens is 3. The Morgan fingerprint density at radius 2 is 1.83 bits per heavy atom. The summed E-state index contributed by atoms with van der Waals surface area (Å²) in [4.78, 5) is 17.3. The van der Waals surface area contributed by atoms with Crippen molar-refractivity contribution >= 4 is 32.7 Å². The molecule has 29 heavy (non-hydrogen) atoms. The third-order valence-electron chi connectivity index (χ3n) is 4.82. The van der Waals surface area contributed by atoms with Crippen molar-refractivity contribution in [1.82, 2.24) is 19.1 Å². The predicted octanol–water partition coefficient (Wildman–Crippen LogP) is 3.13. The van der Waals surface area contributed by atoms with Gasteiger partial charge in [0.25, 0.3) is 5.91 Å². The molecule has 1 aromatic carbocycles. The summed E-state index contributed by atoms with van der Waals surface area (Å²) in [6.45, 7) is 7.55. The summed E-state index contributed by atoms with van der Waals surface area (Å²) in [6.07, 6.45) is 3.27. The number of aryl methyl sites for hydroxylation is 1. The molecule has 3 aromatic rings. The Labute approximate surface area is 170 Å². The molecular weight excluding hydrogens is 390 g/mol. The van der Waals surface area contributed by atoms with E-state index in [9.17, 15) is 13.2 Å². The van der Waals surface area contributed by atoms with Crippen molar-refractivity contribution in [3.05, 3.63) is 47.3 Å². The second kappa shape index (κ2) is 7.57. The number of anilines is 1. The number of carbonyl (C=O) groups excluding carboxylic acids is 1. The smallest absolute Gasteiger partial charge is 0.255 e. The van der Waals surface area contributed by atoms with E-state index in [4.69, 9.17) is 0 Å². The third kappa shape index (κ3) is 3.88. The molecule has 2 heterocycles. The first-order valence-corrected chi connectivity index (χ1v) is 10.6. The van der Waals surface area contributed by atoms with Crippen LogP contribution in [-0.4, -0.2) is 47.5 Å². The van der Waals surface area contributed by atoms with Gasteiger partial charge in [0.1, 0.15) is 0 Å². The Kier molecular flexibility index (Phi) is 5.46. The molecule has 0 saturated carbocycles. The molecule has 0 fully saturated rings. The number of amides is 1. The van der Waals surface area contributed by atoms with E-state index < -0.39 is 15.9 Å². The maximum absolute atomic E-state index is 12.8. The average Bonchev–Trinajstić information content (AvgIpc) is 3.06. The van der Waals surface area contributed by atoms with Crippen molar-refractivity contribution in [2.75, 3.05) is 19.4 Å². The van der Waals surface area contributed by atoms with Gasteiger partial charge in [0.2, 0.25) is 10.0 Å². The van der Waals surface area contributed by atoms with Crippen molar-refractivity contribution in [3.8, 4) is 0 Å².